The van der Waals surface area contributed by atoms with Crippen LogP contribution in [-0.2, 0) is 4.79 Å². The minimum Gasteiger partial charge on any atom is -0.348 e. The van der Waals surface area contributed by atoms with Crippen molar-refractivity contribution in [3.63, 3.8) is 0 Å². The van der Waals surface area contributed by atoms with Gasteiger partial charge in [-0.1, -0.05) is 30.7 Å². The number of carbonyl (C=O) groups is 1. The lowest BCUT2D eigenvalue weighted by Gasteiger charge is -2.17. The van der Waals surface area contributed by atoms with Crippen LogP contribution < -0.4 is 11.1 Å². The van der Waals surface area contributed by atoms with Crippen molar-refractivity contribution in [2.45, 2.75) is 32.4 Å². The Labute approximate surface area is 101 Å². The summed E-state index contributed by atoms with van der Waals surface area (Å²) in [4.78, 5) is 11.6. The first-order valence-electron chi connectivity index (χ1n) is 5.36. The van der Waals surface area contributed by atoms with Crippen molar-refractivity contribution < 1.29 is 4.79 Å². The Balaban J connectivity index is 2.62. The number of nitrogens with two attached hydrogens (primary N) is 1. The SMILES string of the molecule is CC[C@@H](N)C(=O)N[C@@H](C)c1ccc(Cl)cc1. The molecule has 1 aromatic rings. The van der Waals surface area contributed by atoms with E-state index in [1.54, 1.807) is 12.1 Å². The number of halogens is 1. The van der Waals surface area contributed by atoms with Crippen molar-refractivity contribution in [2.24, 2.45) is 5.73 Å². The van der Waals surface area contributed by atoms with E-state index in [0.29, 0.717) is 11.4 Å². The summed E-state index contributed by atoms with van der Waals surface area (Å²) in [7, 11) is 0. The van der Waals surface area contributed by atoms with Gasteiger partial charge in [0.2, 0.25) is 5.91 Å². The monoisotopic (exact) mass is 240 g/mol. The normalized spacial score (nSPS) is 14.2. The highest BCUT2D eigenvalue weighted by Crippen LogP contribution is 2.15. The lowest BCUT2D eigenvalue weighted by atomic mass is 10.1. The van der Waals surface area contributed by atoms with Gasteiger partial charge in [0.05, 0.1) is 12.1 Å². The quantitative estimate of drug-likeness (QED) is 0.848. The molecule has 0 heterocycles. The van der Waals surface area contributed by atoms with Crippen LogP contribution in [0.5, 0.6) is 0 Å². The minimum atomic E-state index is -0.435. The lowest BCUT2D eigenvalue weighted by Crippen LogP contribution is -2.41. The molecule has 1 aromatic carbocycles. The first-order chi connectivity index (χ1) is 7.54. The molecular weight excluding hydrogens is 224 g/mol. The van der Waals surface area contributed by atoms with Gasteiger partial charge in [-0.25, -0.2) is 0 Å². The zero-order chi connectivity index (χ0) is 12.1. The topological polar surface area (TPSA) is 55.1 Å². The molecule has 0 spiro atoms. The average molecular weight is 241 g/mol. The molecule has 0 aromatic heterocycles. The van der Waals surface area contributed by atoms with Gasteiger partial charge in [-0.2, -0.15) is 0 Å². The van der Waals surface area contributed by atoms with E-state index in [4.69, 9.17) is 17.3 Å². The third-order valence-electron chi connectivity index (χ3n) is 2.51. The molecule has 0 aliphatic carbocycles. The molecule has 16 heavy (non-hydrogen) atoms. The van der Waals surface area contributed by atoms with Crippen molar-refractivity contribution in [2.75, 3.05) is 0 Å². The number of benzene rings is 1. The fourth-order valence-corrected chi connectivity index (χ4v) is 1.47. The van der Waals surface area contributed by atoms with E-state index in [0.717, 1.165) is 5.56 Å². The molecule has 0 bridgehead atoms. The number of nitrogens with one attached hydrogen (secondary N) is 1. The minimum absolute atomic E-state index is 0.0534. The summed E-state index contributed by atoms with van der Waals surface area (Å²) in [6.45, 7) is 3.81. The molecule has 88 valence electrons. The van der Waals surface area contributed by atoms with Crippen molar-refractivity contribution in [3.05, 3.63) is 34.9 Å². The summed E-state index contributed by atoms with van der Waals surface area (Å²) in [5, 5.41) is 3.55. The molecule has 0 saturated heterocycles. The van der Waals surface area contributed by atoms with E-state index >= 15 is 0 Å². The van der Waals surface area contributed by atoms with E-state index < -0.39 is 6.04 Å². The summed E-state index contributed by atoms with van der Waals surface area (Å²) >= 11 is 5.79. The third kappa shape index (κ3) is 3.51. The molecule has 4 heteroatoms. The highest BCUT2D eigenvalue weighted by Gasteiger charge is 2.14. The lowest BCUT2D eigenvalue weighted by molar-refractivity contribution is -0.123. The second-order valence-corrected chi connectivity index (χ2v) is 4.23. The molecule has 0 radical (unpaired) electrons. The number of rotatable bonds is 4. The molecule has 3 nitrogen and oxygen atoms in total. The summed E-state index contributed by atoms with van der Waals surface area (Å²) < 4.78 is 0. The van der Waals surface area contributed by atoms with Crippen LogP contribution in [0, 0.1) is 0 Å². The summed E-state index contributed by atoms with van der Waals surface area (Å²) in [6.07, 6.45) is 0.638. The van der Waals surface area contributed by atoms with Crippen molar-refractivity contribution in [1.82, 2.24) is 5.32 Å². The first kappa shape index (κ1) is 13.0. The predicted octanol–water partition coefficient (Wildman–Crippen LogP) is 2.25. The molecule has 0 fully saturated rings. The van der Waals surface area contributed by atoms with Crippen LogP contribution in [0.3, 0.4) is 0 Å². The molecular formula is C12H17ClN2O. The maximum absolute atomic E-state index is 11.6. The molecule has 0 saturated carbocycles. The molecule has 0 aliphatic heterocycles. The first-order valence-corrected chi connectivity index (χ1v) is 5.73. The van der Waals surface area contributed by atoms with Crippen LogP contribution in [0.2, 0.25) is 5.02 Å². The Morgan fingerprint density at radius 2 is 2.00 bits per heavy atom. The summed E-state index contributed by atoms with van der Waals surface area (Å²) in [5.41, 5.74) is 6.65. The second kappa shape index (κ2) is 5.87. The van der Waals surface area contributed by atoms with Gasteiger partial charge in [0.25, 0.3) is 0 Å². The van der Waals surface area contributed by atoms with Crippen LogP contribution >= 0.6 is 11.6 Å². The third-order valence-corrected chi connectivity index (χ3v) is 2.76. The summed E-state index contributed by atoms with van der Waals surface area (Å²) in [5.74, 6) is -0.120. The van der Waals surface area contributed by atoms with Crippen LogP contribution in [0.25, 0.3) is 0 Å². The number of amides is 1. The van der Waals surface area contributed by atoms with E-state index in [1.807, 2.05) is 26.0 Å². The maximum atomic E-state index is 11.6. The molecule has 0 aliphatic rings. The highest BCUT2D eigenvalue weighted by atomic mass is 35.5. The van der Waals surface area contributed by atoms with Gasteiger partial charge in [-0.05, 0) is 31.0 Å². The van der Waals surface area contributed by atoms with Crippen molar-refractivity contribution >= 4 is 17.5 Å². The van der Waals surface area contributed by atoms with Crippen LogP contribution in [0.4, 0.5) is 0 Å². The Kier molecular flexibility index (Phi) is 4.77. The number of carbonyl (C=O) groups excluding carboxylic acids is 1. The Bertz CT molecular complexity index is 351. The maximum Gasteiger partial charge on any atom is 0.237 e. The van der Waals surface area contributed by atoms with Crippen molar-refractivity contribution in [3.8, 4) is 0 Å². The Morgan fingerprint density at radius 3 is 2.50 bits per heavy atom. The van der Waals surface area contributed by atoms with Crippen LogP contribution in [0.1, 0.15) is 31.9 Å². The Hall–Kier alpha value is -1.06. The number of hydrogen-bond acceptors (Lipinski definition) is 2. The molecule has 2 atom stereocenters. The largest absolute Gasteiger partial charge is 0.348 e. The van der Waals surface area contributed by atoms with Gasteiger partial charge in [0.1, 0.15) is 0 Å². The van der Waals surface area contributed by atoms with Gasteiger partial charge >= 0.3 is 0 Å². The van der Waals surface area contributed by atoms with E-state index in [1.165, 1.54) is 0 Å². The van der Waals surface area contributed by atoms with Crippen LogP contribution in [-0.4, -0.2) is 11.9 Å². The smallest absolute Gasteiger partial charge is 0.237 e. The van der Waals surface area contributed by atoms with E-state index in [-0.39, 0.29) is 11.9 Å². The van der Waals surface area contributed by atoms with Gasteiger partial charge in [-0.15, -0.1) is 0 Å². The van der Waals surface area contributed by atoms with Gasteiger partial charge in [0, 0.05) is 5.02 Å². The summed E-state index contributed by atoms with van der Waals surface area (Å²) in [6, 6.07) is 6.91. The Morgan fingerprint density at radius 1 is 1.44 bits per heavy atom. The fourth-order valence-electron chi connectivity index (χ4n) is 1.34. The molecule has 1 rings (SSSR count). The second-order valence-electron chi connectivity index (χ2n) is 3.80. The van der Waals surface area contributed by atoms with E-state index in [2.05, 4.69) is 5.32 Å². The highest BCUT2D eigenvalue weighted by molar-refractivity contribution is 6.30. The molecule has 0 unspecified atom stereocenters. The van der Waals surface area contributed by atoms with Crippen molar-refractivity contribution in [1.29, 1.82) is 0 Å². The molecule has 3 N–H and O–H groups in total. The average Bonchev–Trinajstić information content (AvgIpc) is 2.28. The number of hydrogen-bond donors (Lipinski definition) is 2. The fraction of sp³-hybridized carbons (Fsp3) is 0.417. The zero-order valence-corrected chi connectivity index (χ0v) is 10.3. The standard InChI is InChI=1S/C12H17ClN2O/c1-3-11(14)12(16)15-8(2)9-4-6-10(13)7-5-9/h4-8,11H,3,14H2,1-2H3,(H,15,16)/t8-,11+/m0/s1. The van der Waals surface area contributed by atoms with Gasteiger partial charge in [-0.3, -0.25) is 4.79 Å². The van der Waals surface area contributed by atoms with E-state index in [9.17, 15) is 4.79 Å². The zero-order valence-electron chi connectivity index (χ0n) is 9.53. The van der Waals surface area contributed by atoms with Gasteiger partial charge in [0.15, 0.2) is 0 Å². The van der Waals surface area contributed by atoms with Crippen LogP contribution in [0.15, 0.2) is 24.3 Å². The predicted molar refractivity (Wildman–Crippen MR) is 66.3 cm³/mol. The molecule has 1 amide bonds. The van der Waals surface area contributed by atoms with Gasteiger partial charge < -0.3 is 11.1 Å².